The van der Waals surface area contributed by atoms with Gasteiger partial charge in [0.2, 0.25) is 5.91 Å². The summed E-state index contributed by atoms with van der Waals surface area (Å²) in [7, 11) is 0. The zero-order valence-electron chi connectivity index (χ0n) is 14.1. The highest BCUT2D eigenvalue weighted by atomic mass is 16.2. The molecule has 1 aromatic heterocycles. The van der Waals surface area contributed by atoms with Crippen molar-refractivity contribution in [3.05, 3.63) is 30.1 Å². The third-order valence-electron chi connectivity index (χ3n) is 4.71. The first-order chi connectivity index (χ1) is 10.5. The lowest BCUT2D eigenvalue weighted by Gasteiger charge is -2.32. The summed E-state index contributed by atoms with van der Waals surface area (Å²) in [6.07, 6.45) is 7.23. The molecule has 1 fully saturated rings. The van der Waals surface area contributed by atoms with Crippen LogP contribution in [0.25, 0.3) is 0 Å². The number of nitrogens with one attached hydrogen (secondary N) is 1. The molecule has 1 aliphatic heterocycles. The molecule has 1 aromatic rings. The van der Waals surface area contributed by atoms with Gasteiger partial charge in [-0.05, 0) is 62.7 Å². The first-order valence-corrected chi connectivity index (χ1v) is 8.45. The van der Waals surface area contributed by atoms with E-state index in [9.17, 15) is 4.79 Å². The molecule has 4 heteroatoms. The van der Waals surface area contributed by atoms with E-state index in [0.29, 0.717) is 12.5 Å². The van der Waals surface area contributed by atoms with Crippen molar-refractivity contribution < 1.29 is 4.79 Å². The Balaban J connectivity index is 1.70. The Hall–Kier alpha value is -1.42. The Labute approximate surface area is 134 Å². The Bertz CT molecular complexity index is 453. The van der Waals surface area contributed by atoms with Crippen molar-refractivity contribution in [2.45, 2.75) is 46.1 Å². The monoisotopic (exact) mass is 303 g/mol. The Morgan fingerprint density at radius 1 is 1.36 bits per heavy atom. The summed E-state index contributed by atoms with van der Waals surface area (Å²) in [5, 5.41) is 3.09. The van der Waals surface area contributed by atoms with Crippen LogP contribution in [0.4, 0.5) is 0 Å². The summed E-state index contributed by atoms with van der Waals surface area (Å²) in [6.45, 7) is 8.92. The maximum Gasteiger partial charge on any atom is 0.234 e. The summed E-state index contributed by atoms with van der Waals surface area (Å²) in [4.78, 5) is 18.5. The number of hydrogen-bond donors (Lipinski definition) is 1. The molecule has 0 aliphatic carbocycles. The number of carbonyl (C=O) groups is 1. The molecule has 1 atom stereocenters. The molecule has 0 radical (unpaired) electrons. The Kier molecular flexibility index (Phi) is 6.37. The lowest BCUT2D eigenvalue weighted by Crippen LogP contribution is -2.45. The minimum atomic E-state index is 0.159. The minimum absolute atomic E-state index is 0.159. The van der Waals surface area contributed by atoms with Crippen LogP contribution in [0.2, 0.25) is 0 Å². The van der Waals surface area contributed by atoms with E-state index in [-0.39, 0.29) is 11.9 Å². The van der Waals surface area contributed by atoms with E-state index in [1.54, 1.807) is 0 Å². The Morgan fingerprint density at radius 2 is 2.09 bits per heavy atom. The molecule has 2 rings (SSSR count). The first-order valence-electron chi connectivity index (χ1n) is 8.45. The van der Waals surface area contributed by atoms with E-state index in [0.717, 1.165) is 25.4 Å². The second kappa shape index (κ2) is 8.28. The molecule has 2 heterocycles. The highest BCUT2D eigenvalue weighted by Crippen LogP contribution is 2.21. The quantitative estimate of drug-likeness (QED) is 0.878. The van der Waals surface area contributed by atoms with Gasteiger partial charge in [0, 0.05) is 18.4 Å². The molecular formula is C18H29N3O. The number of pyridine rings is 1. The van der Waals surface area contributed by atoms with E-state index in [2.05, 4.69) is 42.0 Å². The Morgan fingerprint density at radius 3 is 2.68 bits per heavy atom. The van der Waals surface area contributed by atoms with Crippen molar-refractivity contribution >= 4 is 5.91 Å². The highest BCUT2D eigenvalue weighted by molar-refractivity contribution is 5.78. The molecule has 1 aliphatic rings. The van der Waals surface area contributed by atoms with Crippen molar-refractivity contribution in [1.82, 2.24) is 15.2 Å². The maximum absolute atomic E-state index is 12.0. The van der Waals surface area contributed by atoms with Crippen LogP contribution in [0.5, 0.6) is 0 Å². The third-order valence-corrected chi connectivity index (χ3v) is 4.71. The topological polar surface area (TPSA) is 45.2 Å². The fourth-order valence-corrected chi connectivity index (χ4v) is 2.87. The lowest BCUT2D eigenvalue weighted by atomic mass is 9.91. The molecule has 0 saturated carbocycles. The van der Waals surface area contributed by atoms with Crippen LogP contribution < -0.4 is 5.32 Å². The van der Waals surface area contributed by atoms with E-state index >= 15 is 0 Å². The van der Waals surface area contributed by atoms with Gasteiger partial charge in [-0.25, -0.2) is 0 Å². The maximum atomic E-state index is 12.0. The summed E-state index contributed by atoms with van der Waals surface area (Å²) in [5.41, 5.74) is 1.32. The van der Waals surface area contributed by atoms with E-state index in [1.807, 2.05) is 18.5 Å². The molecular weight excluding hydrogens is 274 g/mol. The zero-order chi connectivity index (χ0) is 15.9. The predicted molar refractivity (Wildman–Crippen MR) is 89.5 cm³/mol. The molecule has 0 spiro atoms. The van der Waals surface area contributed by atoms with Crippen molar-refractivity contribution in [2.24, 2.45) is 11.8 Å². The van der Waals surface area contributed by atoms with Gasteiger partial charge in [-0.2, -0.15) is 0 Å². The molecule has 0 aromatic carbocycles. The van der Waals surface area contributed by atoms with Gasteiger partial charge in [-0.1, -0.05) is 19.9 Å². The zero-order valence-corrected chi connectivity index (χ0v) is 14.1. The molecule has 1 unspecified atom stereocenters. The fraction of sp³-hybridized carbons (Fsp3) is 0.667. The normalized spacial score (nSPS) is 18.4. The van der Waals surface area contributed by atoms with Gasteiger partial charge >= 0.3 is 0 Å². The number of carbonyl (C=O) groups excluding carboxylic acids is 1. The number of hydrogen-bond acceptors (Lipinski definition) is 3. The van der Waals surface area contributed by atoms with E-state index < -0.39 is 0 Å². The fourth-order valence-electron chi connectivity index (χ4n) is 2.87. The van der Waals surface area contributed by atoms with Crippen molar-refractivity contribution in [3.63, 3.8) is 0 Å². The van der Waals surface area contributed by atoms with Gasteiger partial charge in [0.05, 0.1) is 6.54 Å². The van der Waals surface area contributed by atoms with Crippen molar-refractivity contribution in [2.75, 3.05) is 19.6 Å². The average molecular weight is 303 g/mol. The third kappa shape index (κ3) is 5.41. The van der Waals surface area contributed by atoms with E-state index in [4.69, 9.17) is 0 Å². The largest absolute Gasteiger partial charge is 0.352 e. The van der Waals surface area contributed by atoms with Crippen LogP contribution in [0.1, 0.15) is 39.2 Å². The van der Waals surface area contributed by atoms with Crippen LogP contribution >= 0.6 is 0 Å². The summed E-state index contributed by atoms with van der Waals surface area (Å²) >= 11 is 0. The highest BCUT2D eigenvalue weighted by Gasteiger charge is 2.21. The van der Waals surface area contributed by atoms with Crippen LogP contribution in [0, 0.1) is 11.8 Å². The van der Waals surface area contributed by atoms with Gasteiger partial charge in [0.25, 0.3) is 0 Å². The molecule has 22 heavy (non-hydrogen) atoms. The van der Waals surface area contributed by atoms with E-state index in [1.165, 1.54) is 18.4 Å². The van der Waals surface area contributed by atoms with Gasteiger partial charge in [-0.3, -0.25) is 14.7 Å². The first kappa shape index (κ1) is 16.9. The molecule has 0 bridgehead atoms. The number of aromatic nitrogens is 1. The van der Waals surface area contributed by atoms with Gasteiger partial charge in [0.15, 0.2) is 0 Å². The van der Waals surface area contributed by atoms with Gasteiger partial charge < -0.3 is 5.32 Å². The predicted octanol–water partition coefficient (Wildman–Crippen LogP) is 2.50. The lowest BCUT2D eigenvalue weighted by molar-refractivity contribution is -0.123. The summed E-state index contributed by atoms with van der Waals surface area (Å²) in [5.74, 6) is 1.36. The van der Waals surface area contributed by atoms with Crippen LogP contribution in [0.3, 0.4) is 0 Å². The average Bonchev–Trinajstić information content (AvgIpc) is 2.50. The standard InChI is InChI=1S/C18H29N3O/c1-14(2)15(3)20-18(22)13-21-9-6-16(7-10-21)11-17-5-4-8-19-12-17/h4-5,8,12,14-16H,6-7,9-11,13H2,1-3H3,(H,20,22). The molecule has 1 saturated heterocycles. The van der Waals surface area contributed by atoms with Gasteiger partial charge in [0.1, 0.15) is 0 Å². The number of piperidine rings is 1. The SMILES string of the molecule is CC(C)C(C)NC(=O)CN1CCC(Cc2cccnc2)CC1. The van der Waals surface area contributed by atoms with Crippen LogP contribution in [0.15, 0.2) is 24.5 Å². The molecule has 4 nitrogen and oxygen atoms in total. The van der Waals surface area contributed by atoms with Crippen LogP contribution in [-0.2, 0) is 11.2 Å². The second-order valence-electron chi connectivity index (χ2n) is 6.89. The number of likely N-dealkylation sites (tertiary alicyclic amines) is 1. The number of amides is 1. The second-order valence-corrected chi connectivity index (χ2v) is 6.89. The summed E-state index contributed by atoms with van der Waals surface area (Å²) in [6, 6.07) is 4.40. The molecule has 1 amide bonds. The van der Waals surface area contributed by atoms with Gasteiger partial charge in [-0.15, -0.1) is 0 Å². The number of rotatable bonds is 6. The molecule has 122 valence electrons. The smallest absolute Gasteiger partial charge is 0.234 e. The van der Waals surface area contributed by atoms with Crippen LogP contribution in [-0.4, -0.2) is 41.5 Å². The van der Waals surface area contributed by atoms with Crippen molar-refractivity contribution in [3.8, 4) is 0 Å². The van der Waals surface area contributed by atoms with Crippen molar-refractivity contribution in [1.29, 1.82) is 0 Å². The summed E-state index contributed by atoms with van der Waals surface area (Å²) < 4.78 is 0. The number of nitrogens with zero attached hydrogens (tertiary/aromatic N) is 2. The minimum Gasteiger partial charge on any atom is -0.352 e. The molecule has 1 N–H and O–H groups in total.